The Kier molecular flexibility index (Phi) is 12.6. The highest BCUT2D eigenvalue weighted by atomic mass is 35.5. The number of amides is 2. The van der Waals surface area contributed by atoms with E-state index in [-0.39, 0.29) is 29.1 Å². The first-order valence-electron chi connectivity index (χ1n) is 13.8. The van der Waals surface area contributed by atoms with Crippen molar-refractivity contribution in [1.29, 1.82) is 0 Å². The zero-order valence-electron chi connectivity index (χ0n) is 24.8. The SMILES string of the molecule is CCOc1ccc(N(CC(=O)N(Cc2ccc(Cl)cc2Cl)[C@@H](C)C(=O)N[C@H](C)CC)S(=O)(=O)c2ccc(SC)cc2)cc1. The lowest BCUT2D eigenvalue weighted by Gasteiger charge is -2.32. The number of ether oxygens (including phenoxy) is 1. The van der Waals surface area contributed by atoms with E-state index >= 15 is 0 Å². The first-order valence-corrected chi connectivity index (χ1v) is 17.3. The van der Waals surface area contributed by atoms with Crippen molar-refractivity contribution in [2.24, 2.45) is 0 Å². The zero-order valence-corrected chi connectivity index (χ0v) is 28.0. The van der Waals surface area contributed by atoms with E-state index in [1.54, 1.807) is 61.5 Å². The third-order valence-electron chi connectivity index (χ3n) is 6.89. The summed E-state index contributed by atoms with van der Waals surface area (Å²) in [7, 11) is -4.20. The standard InChI is InChI=1S/C31H37Cl2N3O5S2/c1-6-21(3)34-31(38)22(4)35(19-23-8-9-24(32)18-29(23)33)30(37)20-36(25-10-12-26(13-11-25)41-7-2)43(39,40)28-16-14-27(42-5)15-17-28/h8-18,21-22H,6-7,19-20H2,1-5H3,(H,34,38)/t21-,22+/m1/s1. The van der Waals surface area contributed by atoms with Crippen LogP contribution in [0.15, 0.2) is 76.5 Å². The number of thioether (sulfide) groups is 1. The fraction of sp³-hybridized carbons (Fsp3) is 0.355. The first kappa shape index (κ1) is 34.6. The molecular weight excluding hydrogens is 629 g/mol. The number of carbonyl (C=O) groups is 2. The van der Waals surface area contributed by atoms with Gasteiger partial charge in [0.2, 0.25) is 11.8 Å². The van der Waals surface area contributed by atoms with Crippen LogP contribution in [0.5, 0.6) is 5.75 Å². The number of anilines is 1. The van der Waals surface area contributed by atoms with E-state index in [1.165, 1.54) is 28.8 Å². The average Bonchev–Trinajstić information content (AvgIpc) is 2.99. The molecule has 0 spiro atoms. The van der Waals surface area contributed by atoms with Crippen LogP contribution in [0.25, 0.3) is 0 Å². The van der Waals surface area contributed by atoms with Crippen LogP contribution >= 0.6 is 35.0 Å². The Morgan fingerprint density at radius 1 is 0.977 bits per heavy atom. The molecule has 3 rings (SSSR count). The van der Waals surface area contributed by atoms with Crippen LogP contribution in [0, 0.1) is 0 Å². The summed E-state index contributed by atoms with van der Waals surface area (Å²) >= 11 is 14.0. The van der Waals surface area contributed by atoms with Crippen molar-refractivity contribution < 1.29 is 22.7 Å². The van der Waals surface area contributed by atoms with Crippen molar-refractivity contribution >= 4 is 62.5 Å². The monoisotopic (exact) mass is 665 g/mol. The quantitative estimate of drug-likeness (QED) is 0.194. The van der Waals surface area contributed by atoms with Gasteiger partial charge in [-0.3, -0.25) is 13.9 Å². The number of carbonyl (C=O) groups excluding carboxylic acids is 2. The summed E-state index contributed by atoms with van der Waals surface area (Å²) in [5, 5.41) is 3.66. The fourth-order valence-electron chi connectivity index (χ4n) is 4.16. The predicted molar refractivity (Wildman–Crippen MR) is 175 cm³/mol. The highest BCUT2D eigenvalue weighted by Gasteiger charge is 2.33. The van der Waals surface area contributed by atoms with Crippen LogP contribution in [0.4, 0.5) is 5.69 Å². The molecule has 3 aromatic carbocycles. The Morgan fingerprint density at radius 2 is 1.63 bits per heavy atom. The van der Waals surface area contributed by atoms with Crippen LogP contribution in [0.1, 0.15) is 39.7 Å². The van der Waals surface area contributed by atoms with Gasteiger partial charge in [0, 0.05) is 27.5 Å². The van der Waals surface area contributed by atoms with Gasteiger partial charge in [-0.25, -0.2) is 8.42 Å². The number of hydrogen-bond acceptors (Lipinski definition) is 6. The summed E-state index contributed by atoms with van der Waals surface area (Å²) < 4.78 is 34.7. The highest BCUT2D eigenvalue weighted by molar-refractivity contribution is 7.98. The van der Waals surface area contributed by atoms with Gasteiger partial charge in [-0.15, -0.1) is 11.8 Å². The summed E-state index contributed by atoms with van der Waals surface area (Å²) in [6, 6.07) is 16.8. The number of hydrogen-bond donors (Lipinski definition) is 1. The van der Waals surface area contributed by atoms with E-state index in [1.807, 2.05) is 27.0 Å². The summed E-state index contributed by atoms with van der Waals surface area (Å²) in [6.07, 6.45) is 2.60. The van der Waals surface area contributed by atoms with Crippen molar-refractivity contribution in [2.45, 2.75) is 62.5 Å². The van der Waals surface area contributed by atoms with Gasteiger partial charge < -0.3 is 15.0 Å². The van der Waals surface area contributed by atoms with Gasteiger partial charge >= 0.3 is 0 Å². The third kappa shape index (κ3) is 9.04. The molecule has 8 nitrogen and oxygen atoms in total. The smallest absolute Gasteiger partial charge is 0.264 e. The Bertz CT molecular complexity index is 1500. The minimum Gasteiger partial charge on any atom is -0.494 e. The summed E-state index contributed by atoms with van der Waals surface area (Å²) in [5.74, 6) is -0.388. The number of nitrogens with one attached hydrogen (secondary N) is 1. The maximum atomic E-state index is 14.1. The predicted octanol–water partition coefficient (Wildman–Crippen LogP) is 6.64. The van der Waals surface area contributed by atoms with Crippen LogP contribution in [0.3, 0.4) is 0 Å². The van der Waals surface area contributed by atoms with Gasteiger partial charge in [0.1, 0.15) is 18.3 Å². The van der Waals surface area contributed by atoms with Crippen molar-refractivity contribution in [1.82, 2.24) is 10.2 Å². The molecule has 0 aromatic heterocycles. The molecule has 0 saturated heterocycles. The molecule has 43 heavy (non-hydrogen) atoms. The number of nitrogens with zero attached hydrogens (tertiary/aromatic N) is 2. The van der Waals surface area contributed by atoms with E-state index in [2.05, 4.69) is 5.32 Å². The molecule has 2 atom stereocenters. The summed E-state index contributed by atoms with van der Waals surface area (Å²) in [4.78, 5) is 29.6. The van der Waals surface area contributed by atoms with Crippen molar-refractivity contribution in [3.63, 3.8) is 0 Å². The minimum absolute atomic E-state index is 0.0295. The van der Waals surface area contributed by atoms with E-state index in [9.17, 15) is 18.0 Å². The maximum Gasteiger partial charge on any atom is 0.264 e. The van der Waals surface area contributed by atoms with Gasteiger partial charge in [-0.1, -0.05) is 36.2 Å². The van der Waals surface area contributed by atoms with Crippen molar-refractivity contribution in [3.8, 4) is 5.75 Å². The van der Waals surface area contributed by atoms with Crippen LogP contribution in [-0.2, 0) is 26.2 Å². The van der Waals surface area contributed by atoms with Gasteiger partial charge in [0.15, 0.2) is 0 Å². The molecule has 2 amide bonds. The summed E-state index contributed by atoms with van der Waals surface area (Å²) in [6.45, 7) is 7.11. The Labute approximate surface area is 268 Å². The zero-order chi connectivity index (χ0) is 31.7. The van der Waals surface area contributed by atoms with E-state index < -0.39 is 28.5 Å². The normalized spacial score (nSPS) is 12.7. The molecule has 3 aromatic rings. The molecule has 0 aliphatic carbocycles. The molecule has 0 aliphatic heterocycles. The number of sulfonamides is 1. The van der Waals surface area contributed by atoms with E-state index in [4.69, 9.17) is 27.9 Å². The fourth-order valence-corrected chi connectivity index (χ4v) is 6.45. The molecule has 0 unspecified atom stereocenters. The number of rotatable bonds is 14. The molecule has 0 radical (unpaired) electrons. The molecule has 0 saturated carbocycles. The Balaban J connectivity index is 2.06. The molecular formula is C31H37Cl2N3O5S2. The number of halogens is 2. The maximum absolute atomic E-state index is 14.1. The number of benzene rings is 3. The van der Waals surface area contributed by atoms with Crippen LogP contribution < -0.4 is 14.4 Å². The van der Waals surface area contributed by atoms with Crippen LogP contribution in [0.2, 0.25) is 10.0 Å². The lowest BCUT2D eigenvalue weighted by molar-refractivity contribution is -0.139. The van der Waals surface area contributed by atoms with Gasteiger partial charge in [0.25, 0.3) is 10.0 Å². The second kappa shape index (κ2) is 15.7. The third-order valence-corrected chi connectivity index (χ3v) is 10.0. The first-order chi connectivity index (χ1) is 20.4. The average molecular weight is 667 g/mol. The Morgan fingerprint density at radius 3 is 2.19 bits per heavy atom. The van der Waals surface area contributed by atoms with E-state index in [0.717, 1.165) is 9.20 Å². The molecule has 12 heteroatoms. The molecule has 0 heterocycles. The molecule has 0 fully saturated rings. The van der Waals surface area contributed by atoms with Crippen molar-refractivity contribution in [3.05, 3.63) is 82.3 Å². The van der Waals surface area contributed by atoms with Gasteiger partial charge in [-0.2, -0.15) is 0 Å². The summed E-state index contributed by atoms with van der Waals surface area (Å²) in [5.41, 5.74) is 0.831. The lowest BCUT2D eigenvalue weighted by atomic mass is 10.1. The molecule has 1 N–H and O–H groups in total. The van der Waals surface area contributed by atoms with Crippen molar-refractivity contribution in [2.75, 3.05) is 23.7 Å². The largest absolute Gasteiger partial charge is 0.494 e. The van der Waals surface area contributed by atoms with Gasteiger partial charge in [-0.05, 0) is 99.7 Å². The topological polar surface area (TPSA) is 96.0 Å². The minimum atomic E-state index is -4.20. The van der Waals surface area contributed by atoms with E-state index in [0.29, 0.717) is 34.4 Å². The Hall–Kier alpha value is -2.92. The van der Waals surface area contributed by atoms with Gasteiger partial charge in [0.05, 0.1) is 17.2 Å². The molecule has 0 aliphatic rings. The second-order valence-electron chi connectivity index (χ2n) is 9.87. The molecule has 0 bridgehead atoms. The lowest BCUT2D eigenvalue weighted by Crippen LogP contribution is -2.52. The molecule has 232 valence electrons. The second-order valence-corrected chi connectivity index (χ2v) is 13.5. The van der Waals surface area contributed by atoms with Crippen LogP contribution in [-0.4, -0.2) is 56.6 Å². The highest BCUT2D eigenvalue weighted by Crippen LogP contribution is 2.29.